The molecule has 0 atom stereocenters. The second-order valence-corrected chi connectivity index (χ2v) is 8.06. The van der Waals surface area contributed by atoms with Crippen LogP contribution in [0.1, 0.15) is 24.2 Å². The summed E-state index contributed by atoms with van der Waals surface area (Å²) in [6, 6.07) is 5.13. The van der Waals surface area contributed by atoms with Crippen LogP contribution in [0.4, 0.5) is 5.69 Å². The minimum atomic E-state index is -0.175. The first kappa shape index (κ1) is 18.3. The van der Waals surface area contributed by atoms with E-state index in [9.17, 15) is 4.79 Å². The fourth-order valence-corrected chi connectivity index (χ4v) is 4.11. The number of aromatic nitrogens is 4. The van der Waals surface area contributed by atoms with Gasteiger partial charge in [-0.1, -0.05) is 16.8 Å². The molecule has 0 radical (unpaired) electrons. The molecule has 5 rings (SSSR count). The molecule has 2 saturated heterocycles. The van der Waals surface area contributed by atoms with Gasteiger partial charge in [-0.05, 0) is 31.9 Å². The molecule has 0 saturated carbocycles. The summed E-state index contributed by atoms with van der Waals surface area (Å²) in [5.74, 6) is 0.623. The highest BCUT2D eigenvalue weighted by Gasteiger charge is 2.46. The lowest BCUT2D eigenvalue weighted by Gasteiger charge is -2.48. The summed E-state index contributed by atoms with van der Waals surface area (Å²) < 4.78 is 12.6. The third-order valence-electron chi connectivity index (χ3n) is 5.63. The highest BCUT2D eigenvalue weighted by molar-refractivity contribution is 6.30. The van der Waals surface area contributed by atoms with E-state index < -0.39 is 0 Å². The fraction of sp³-hybridized carbons (Fsp3) is 0.400. The van der Waals surface area contributed by atoms with Crippen molar-refractivity contribution >= 4 is 17.3 Å². The normalized spacial score (nSPS) is 17.7. The zero-order valence-electron chi connectivity index (χ0n) is 16.0. The van der Waals surface area contributed by atoms with Crippen molar-refractivity contribution in [3.8, 4) is 11.4 Å². The Morgan fingerprint density at radius 3 is 2.83 bits per heavy atom. The molecule has 29 heavy (non-hydrogen) atoms. The van der Waals surface area contributed by atoms with Crippen molar-refractivity contribution in [2.75, 3.05) is 24.6 Å². The van der Waals surface area contributed by atoms with E-state index in [1.54, 1.807) is 30.6 Å². The summed E-state index contributed by atoms with van der Waals surface area (Å²) in [4.78, 5) is 19.1. The Balaban J connectivity index is 1.37. The summed E-state index contributed by atoms with van der Waals surface area (Å²) in [6.45, 7) is 4.52. The average Bonchev–Trinajstić information content (AvgIpc) is 3.31. The van der Waals surface area contributed by atoms with E-state index in [2.05, 4.69) is 20.1 Å². The number of nitrogens with zero attached hydrogens (tertiary/aromatic N) is 5. The van der Waals surface area contributed by atoms with E-state index >= 15 is 0 Å². The third kappa shape index (κ3) is 3.32. The van der Waals surface area contributed by atoms with Gasteiger partial charge in [0, 0.05) is 37.5 Å². The summed E-state index contributed by atoms with van der Waals surface area (Å²) >= 11 is 5.92. The summed E-state index contributed by atoms with van der Waals surface area (Å²) in [6.07, 6.45) is 5.48. The zero-order valence-corrected chi connectivity index (χ0v) is 16.7. The first-order chi connectivity index (χ1) is 14.0. The standard InChI is InChI=1S/C20H20ClN5O3/c1-13-16(19(24-29-13)17-4-3-14(21)8-22-17)10-26-18(27)7-15(9-23-26)25-11-20(12-25)5-2-6-28-20/h3-4,7-9H,2,5-6,10-12H2,1H3. The van der Waals surface area contributed by atoms with Crippen molar-refractivity contribution in [2.24, 2.45) is 0 Å². The maximum absolute atomic E-state index is 12.7. The number of hydrogen-bond acceptors (Lipinski definition) is 7. The maximum atomic E-state index is 12.7. The van der Waals surface area contributed by atoms with E-state index in [-0.39, 0.29) is 17.7 Å². The Bertz CT molecular complexity index is 1090. The first-order valence-corrected chi connectivity index (χ1v) is 9.94. The van der Waals surface area contributed by atoms with Gasteiger partial charge >= 0.3 is 0 Å². The Hall–Kier alpha value is -2.71. The molecule has 0 aromatic carbocycles. The number of pyridine rings is 1. The molecule has 150 valence electrons. The minimum Gasteiger partial charge on any atom is -0.371 e. The van der Waals surface area contributed by atoms with Crippen molar-refractivity contribution in [1.82, 2.24) is 19.9 Å². The quantitative estimate of drug-likeness (QED) is 0.649. The first-order valence-electron chi connectivity index (χ1n) is 9.56. The third-order valence-corrected chi connectivity index (χ3v) is 5.85. The van der Waals surface area contributed by atoms with Gasteiger partial charge in [-0.3, -0.25) is 9.78 Å². The second kappa shape index (κ2) is 6.96. The smallest absolute Gasteiger partial charge is 0.269 e. The predicted octanol–water partition coefficient (Wildman–Crippen LogP) is 2.67. The molecule has 5 heterocycles. The Morgan fingerprint density at radius 1 is 1.28 bits per heavy atom. The van der Waals surface area contributed by atoms with Gasteiger partial charge in [-0.15, -0.1) is 0 Å². The van der Waals surface area contributed by atoms with Gasteiger partial charge in [0.25, 0.3) is 5.56 Å². The molecule has 2 fully saturated rings. The minimum absolute atomic E-state index is 0.0189. The SMILES string of the molecule is Cc1onc(-c2ccc(Cl)cn2)c1Cn1ncc(N2CC3(CCCO3)C2)cc1=O. The van der Waals surface area contributed by atoms with Gasteiger partial charge in [0.05, 0.1) is 29.1 Å². The Labute approximate surface area is 172 Å². The second-order valence-electron chi connectivity index (χ2n) is 7.63. The van der Waals surface area contributed by atoms with Crippen LogP contribution in [0.2, 0.25) is 5.02 Å². The molecule has 3 aromatic heterocycles. The molecule has 2 aliphatic heterocycles. The lowest BCUT2D eigenvalue weighted by Crippen LogP contribution is -2.61. The van der Waals surface area contributed by atoms with Crippen molar-refractivity contribution < 1.29 is 9.26 Å². The molecule has 1 spiro atoms. The summed E-state index contributed by atoms with van der Waals surface area (Å²) in [5, 5.41) is 9.02. The van der Waals surface area contributed by atoms with E-state index in [0.29, 0.717) is 22.2 Å². The molecule has 0 unspecified atom stereocenters. The number of rotatable bonds is 4. The van der Waals surface area contributed by atoms with Crippen LogP contribution in [0.25, 0.3) is 11.4 Å². The average molecular weight is 414 g/mol. The predicted molar refractivity (Wildman–Crippen MR) is 107 cm³/mol. The van der Waals surface area contributed by atoms with E-state index in [1.807, 2.05) is 6.92 Å². The van der Waals surface area contributed by atoms with Gasteiger partial charge in [0.1, 0.15) is 17.1 Å². The van der Waals surface area contributed by atoms with Gasteiger partial charge in [-0.2, -0.15) is 5.10 Å². The fourth-order valence-electron chi connectivity index (χ4n) is 4.00. The van der Waals surface area contributed by atoms with E-state index in [4.69, 9.17) is 20.9 Å². The monoisotopic (exact) mass is 413 g/mol. The van der Waals surface area contributed by atoms with Crippen molar-refractivity contribution in [3.63, 3.8) is 0 Å². The molecule has 9 heteroatoms. The number of aryl methyl sites for hydroxylation is 1. The number of halogens is 1. The van der Waals surface area contributed by atoms with Gasteiger partial charge in [0.15, 0.2) is 0 Å². The summed E-state index contributed by atoms with van der Waals surface area (Å²) in [5.41, 5.74) is 2.62. The Morgan fingerprint density at radius 2 is 2.14 bits per heavy atom. The molecule has 0 bridgehead atoms. The van der Waals surface area contributed by atoms with Crippen LogP contribution in [-0.4, -0.2) is 45.2 Å². The molecule has 8 nitrogen and oxygen atoms in total. The Kier molecular flexibility index (Phi) is 4.40. The zero-order chi connectivity index (χ0) is 20.0. The molecular weight excluding hydrogens is 394 g/mol. The van der Waals surface area contributed by atoms with Crippen molar-refractivity contribution in [1.29, 1.82) is 0 Å². The highest BCUT2D eigenvalue weighted by Crippen LogP contribution is 2.37. The van der Waals surface area contributed by atoms with E-state index in [1.165, 1.54) is 4.68 Å². The number of ether oxygens (including phenoxy) is 1. The van der Waals surface area contributed by atoms with Gasteiger partial charge in [-0.25, -0.2) is 4.68 Å². The van der Waals surface area contributed by atoms with Crippen LogP contribution < -0.4 is 10.5 Å². The van der Waals surface area contributed by atoms with Gasteiger partial charge < -0.3 is 14.2 Å². The van der Waals surface area contributed by atoms with Crippen LogP contribution in [-0.2, 0) is 11.3 Å². The molecule has 0 aliphatic carbocycles. The largest absolute Gasteiger partial charge is 0.371 e. The number of hydrogen-bond donors (Lipinski definition) is 0. The van der Waals surface area contributed by atoms with E-state index in [0.717, 1.165) is 43.8 Å². The molecule has 3 aromatic rings. The van der Waals surface area contributed by atoms with Gasteiger partial charge in [0.2, 0.25) is 0 Å². The maximum Gasteiger partial charge on any atom is 0.269 e. The lowest BCUT2D eigenvalue weighted by molar-refractivity contribution is -0.0181. The molecule has 2 aliphatic rings. The van der Waals surface area contributed by atoms with Crippen LogP contribution in [0, 0.1) is 6.92 Å². The highest BCUT2D eigenvalue weighted by atomic mass is 35.5. The number of anilines is 1. The molecular formula is C20H20ClN5O3. The lowest BCUT2D eigenvalue weighted by atomic mass is 9.90. The topological polar surface area (TPSA) is 86.3 Å². The van der Waals surface area contributed by atoms with Crippen LogP contribution in [0.5, 0.6) is 0 Å². The summed E-state index contributed by atoms with van der Waals surface area (Å²) in [7, 11) is 0. The molecule has 0 N–H and O–H groups in total. The van der Waals surface area contributed by atoms with Crippen molar-refractivity contribution in [3.05, 3.63) is 57.3 Å². The van der Waals surface area contributed by atoms with Crippen molar-refractivity contribution in [2.45, 2.75) is 31.9 Å². The van der Waals surface area contributed by atoms with Crippen LogP contribution in [0.15, 0.2) is 39.9 Å². The van der Waals surface area contributed by atoms with Crippen LogP contribution in [0.3, 0.4) is 0 Å². The van der Waals surface area contributed by atoms with Crippen LogP contribution >= 0.6 is 11.6 Å². The molecule has 0 amide bonds.